The van der Waals surface area contributed by atoms with Crippen LogP contribution in [0.5, 0.6) is 11.5 Å². The van der Waals surface area contributed by atoms with Gasteiger partial charge in [0.15, 0.2) is 17.2 Å². The maximum atomic E-state index is 13.3. The molecule has 0 atom stereocenters. The molecule has 2 aliphatic rings. The van der Waals surface area contributed by atoms with E-state index in [9.17, 15) is 9.18 Å². The first kappa shape index (κ1) is 14.9. The zero-order valence-electron chi connectivity index (χ0n) is 12.1. The highest BCUT2D eigenvalue weighted by molar-refractivity contribution is 9.10. The molecule has 0 amide bonds. The number of nitrogens with zero attached hydrogens (tertiary/aromatic N) is 1. The first-order valence-corrected chi connectivity index (χ1v) is 7.77. The third-order valence-corrected chi connectivity index (χ3v) is 4.09. The molecule has 2 heterocycles. The molecule has 2 aromatic carbocycles. The second kappa shape index (κ2) is 5.76. The van der Waals surface area contributed by atoms with Crippen molar-refractivity contribution in [2.45, 2.75) is 0 Å². The molecule has 0 aliphatic carbocycles. The summed E-state index contributed by atoms with van der Waals surface area (Å²) >= 11 is 3.11. The molecule has 0 radical (unpaired) electrons. The van der Waals surface area contributed by atoms with Crippen molar-refractivity contribution in [2.75, 3.05) is 6.79 Å². The van der Waals surface area contributed by atoms with Gasteiger partial charge in [0.05, 0.1) is 4.47 Å². The number of benzene rings is 2. The van der Waals surface area contributed by atoms with Gasteiger partial charge >= 0.3 is 5.97 Å². The minimum absolute atomic E-state index is 0.140. The predicted octanol–water partition coefficient (Wildman–Crippen LogP) is 3.66. The van der Waals surface area contributed by atoms with Crippen LogP contribution >= 0.6 is 15.9 Å². The lowest BCUT2D eigenvalue weighted by Crippen LogP contribution is -2.05. The van der Waals surface area contributed by atoms with Crippen LogP contribution in [0.4, 0.5) is 4.39 Å². The molecule has 120 valence electrons. The quantitative estimate of drug-likeness (QED) is 0.580. The van der Waals surface area contributed by atoms with Crippen LogP contribution in [0.15, 0.2) is 51.6 Å². The van der Waals surface area contributed by atoms with E-state index in [-0.39, 0.29) is 24.2 Å². The number of halogens is 2. The number of rotatable bonds is 2. The minimum atomic E-state index is -0.567. The predicted molar refractivity (Wildman–Crippen MR) is 87.3 cm³/mol. The van der Waals surface area contributed by atoms with Gasteiger partial charge in [-0.25, -0.2) is 14.2 Å². The smallest absolute Gasteiger partial charge is 0.363 e. The first-order valence-electron chi connectivity index (χ1n) is 6.98. The van der Waals surface area contributed by atoms with E-state index < -0.39 is 5.97 Å². The summed E-state index contributed by atoms with van der Waals surface area (Å²) in [4.78, 5) is 16.2. The summed E-state index contributed by atoms with van der Waals surface area (Å²) in [6.07, 6.45) is 1.53. The van der Waals surface area contributed by atoms with Crippen LogP contribution in [0, 0.1) is 5.82 Å². The van der Waals surface area contributed by atoms with Gasteiger partial charge < -0.3 is 14.2 Å². The van der Waals surface area contributed by atoms with E-state index >= 15 is 0 Å². The summed E-state index contributed by atoms with van der Waals surface area (Å²) in [6.45, 7) is 0.162. The molecule has 0 aromatic heterocycles. The highest BCUT2D eigenvalue weighted by atomic mass is 79.9. The number of esters is 1. The molecule has 0 fully saturated rings. The Morgan fingerprint density at radius 1 is 1.12 bits per heavy atom. The summed E-state index contributed by atoms with van der Waals surface area (Å²) in [5, 5.41) is 0. The molecule has 24 heavy (non-hydrogen) atoms. The van der Waals surface area contributed by atoms with Gasteiger partial charge in [0.2, 0.25) is 12.7 Å². The van der Waals surface area contributed by atoms with Gasteiger partial charge in [-0.3, -0.25) is 0 Å². The molecule has 0 N–H and O–H groups in total. The minimum Gasteiger partial charge on any atom is -0.454 e. The second-order valence-electron chi connectivity index (χ2n) is 5.08. The van der Waals surface area contributed by atoms with E-state index in [1.165, 1.54) is 12.1 Å². The van der Waals surface area contributed by atoms with Gasteiger partial charge in [-0.05, 0) is 57.9 Å². The van der Waals surface area contributed by atoms with Crippen molar-refractivity contribution < 1.29 is 23.4 Å². The van der Waals surface area contributed by atoms with E-state index in [2.05, 4.69) is 20.9 Å². The summed E-state index contributed by atoms with van der Waals surface area (Å²) in [7, 11) is 0. The Balaban J connectivity index is 1.67. The maximum absolute atomic E-state index is 13.3. The highest BCUT2D eigenvalue weighted by Crippen LogP contribution is 2.33. The van der Waals surface area contributed by atoms with Crippen LogP contribution in [0.3, 0.4) is 0 Å². The van der Waals surface area contributed by atoms with Crippen LogP contribution in [0.25, 0.3) is 6.08 Å². The zero-order valence-corrected chi connectivity index (χ0v) is 13.7. The number of ether oxygens (including phenoxy) is 3. The van der Waals surface area contributed by atoms with Crippen molar-refractivity contribution in [3.05, 3.63) is 63.5 Å². The lowest BCUT2D eigenvalue weighted by atomic mass is 10.2. The topological polar surface area (TPSA) is 57.1 Å². The van der Waals surface area contributed by atoms with Crippen LogP contribution in [-0.4, -0.2) is 18.7 Å². The molecule has 0 spiro atoms. The number of cyclic esters (lactones) is 1. The van der Waals surface area contributed by atoms with Gasteiger partial charge in [-0.1, -0.05) is 6.07 Å². The first-order chi connectivity index (χ1) is 11.6. The number of hydrogen-bond donors (Lipinski definition) is 0. The SMILES string of the molecule is O=C1OC(c2ccc3c(c2)OCO3)=N/C1=C\c1ccc(F)c(Br)c1. The number of carbonyl (C=O) groups is 1. The van der Waals surface area contributed by atoms with E-state index in [0.717, 1.165) is 0 Å². The maximum Gasteiger partial charge on any atom is 0.363 e. The van der Waals surface area contributed by atoms with Gasteiger partial charge in [-0.15, -0.1) is 0 Å². The molecule has 0 saturated carbocycles. The average Bonchev–Trinajstić information content (AvgIpc) is 3.17. The molecule has 2 aliphatic heterocycles. The summed E-state index contributed by atoms with van der Waals surface area (Å²) in [5.74, 6) is 0.450. The molecule has 2 aromatic rings. The van der Waals surface area contributed by atoms with E-state index in [1.54, 1.807) is 30.3 Å². The summed E-state index contributed by atoms with van der Waals surface area (Å²) < 4.78 is 29.3. The van der Waals surface area contributed by atoms with Crippen molar-refractivity contribution in [1.82, 2.24) is 0 Å². The number of fused-ring (bicyclic) bond motifs is 1. The Bertz CT molecular complexity index is 923. The standard InChI is InChI=1S/C17H9BrFNO4/c18-11-5-9(1-3-12(11)19)6-13-17(21)24-16(20-13)10-2-4-14-15(7-10)23-8-22-14/h1-7H,8H2/b13-6-. The van der Waals surface area contributed by atoms with Crippen molar-refractivity contribution in [2.24, 2.45) is 4.99 Å². The second-order valence-corrected chi connectivity index (χ2v) is 5.93. The van der Waals surface area contributed by atoms with Crippen LogP contribution < -0.4 is 9.47 Å². The van der Waals surface area contributed by atoms with Gasteiger partial charge in [0.1, 0.15) is 5.82 Å². The number of aliphatic imine (C=N–C) groups is 1. The third kappa shape index (κ3) is 2.67. The molecule has 7 heteroatoms. The highest BCUT2D eigenvalue weighted by Gasteiger charge is 2.25. The number of hydrogen-bond acceptors (Lipinski definition) is 5. The Hall–Kier alpha value is -2.67. The fourth-order valence-corrected chi connectivity index (χ4v) is 2.72. The average molecular weight is 390 g/mol. The van der Waals surface area contributed by atoms with Gasteiger partial charge in [-0.2, -0.15) is 0 Å². The molecule has 5 nitrogen and oxygen atoms in total. The third-order valence-electron chi connectivity index (χ3n) is 3.49. The summed E-state index contributed by atoms with van der Waals surface area (Å²) in [5.41, 5.74) is 1.38. The van der Waals surface area contributed by atoms with Crippen LogP contribution in [-0.2, 0) is 9.53 Å². The zero-order chi connectivity index (χ0) is 16.7. The molecular weight excluding hydrogens is 381 g/mol. The number of carbonyl (C=O) groups excluding carboxylic acids is 1. The van der Waals surface area contributed by atoms with Gasteiger partial charge in [0.25, 0.3) is 0 Å². The largest absolute Gasteiger partial charge is 0.454 e. The van der Waals surface area contributed by atoms with Crippen molar-refractivity contribution in [3.63, 3.8) is 0 Å². The molecule has 4 rings (SSSR count). The van der Waals surface area contributed by atoms with Crippen molar-refractivity contribution in [3.8, 4) is 11.5 Å². The Kier molecular flexibility index (Phi) is 3.57. The van der Waals surface area contributed by atoms with E-state index in [0.29, 0.717) is 27.1 Å². The van der Waals surface area contributed by atoms with Crippen molar-refractivity contribution >= 4 is 33.9 Å². The fourth-order valence-electron chi connectivity index (χ4n) is 2.32. The van der Waals surface area contributed by atoms with E-state index in [4.69, 9.17) is 14.2 Å². The van der Waals surface area contributed by atoms with Crippen molar-refractivity contribution in [1.29, 1.82) is 0 Å². The Morgan fingerprint density at radius 2 is 1.96 bits per heavy atom. The monoisotopic (exact) mass is 389 g/mol. The lowest BCUT2D eigenvalue weighted by molar-refractivity contribution is -0.129. The molecule has 0 bridgehead atoms. The lowest BCUT2D eigenvalue weighted by Gasteiger charge is -2.01. The van der Waals surface area contributed by atoms with Gasteiger partial charge in [0, 0.05) is 5.56 Å². The molecular formula is C17H9BrFNO4. The van der Waals surface area contributed by atoms with Crippen LogP contribution in [0.1, 0.15) is 11.1 Å². The Labute approximate surface area is 144 Å². The van der Waals surface area contributed by atoms with E-state index in [1.807, 2.05) is 0 Å². The van der Waals surface area contributed by atoms with Crippen LogP contribution in [0.2, 0.25) is 0 Å². The molecule has 0 unspecified atom stereocenters. The summed E-state index contributed by atoms with van der Waals surface area (Å²) in [6, 6.07) is 9.58. The molecule has 0 saturated heterocycles. The fraction of sp³-hybridized carbons (Fsp3) is 0.0588. The normalized spacial score (nSPS) is 17.2. The Morgan fingerprint density at radius 3 is 2.79 bits per heavy atom.